The minimum Gasteiger partial charge on any atom is -0.498 e. The van der Waals surface area contributed by atoms with Crippen molar-refractivity contribution in [3.63, 3.8) is 0 Å². The molecule has 0 aromatic carbocycles. The van der Waals surface area contributed by atoms with Gasteiger partial charge in [-0.25, -0.2) is 4.39 Å². The number of carbonyl (C=O) groups excluding carboxylic acids is 1. The van der Waals surface area contributed by atoms with E-state index in [0.717, 1.165) is 24.4 Å². The Morgan fingerprint density at radius 2 is 2.00 bits per heavy atom. The van der Waals surface area contributed by atoms with Crippen LogP contribution in [0.3, 0.4) is 0 Å². The van der Waals surface area contributed by atoms with Gasteiger partial charge in [0, 0.05) is 17.4 Å². The van der Waals surface area contributed by atoms with Gasteiger partial charge in [0.2, 0.25) is 0 Å². The molecular weight excluding hydrogens is 341 g/mol. The van der Waals surface area contributed by atoms with E-state index in [1.165, 1.54) is 30.8 Å². The third-order valence-electron chi connectivity index (χ3n) is 3.37. The van der Waals surface area contributed by atoms with Crippen LogP contribution in [0.2, 0.25) is 0 Å². The molecule has 0 spiro atoms. The van der Waals surface area contributed by atoms with Crippen molar-refractivity contribution in [3.05, 3.63) is 46.9 Å². The fourth-order valence-corrected chi connectivity index (χ4v) is 2.74. The number of unbranched alkanes of at least 4 members (excludes halogenated alkanes) is 1. The fraction of sp³-hybridized carbons (Fsp3) is 0.474. The van der Waals surface area contributed by atoms with E-state index in [1.807, 2.05) is 6.92 Å². The Morgan fingerprint density at radius 3 is 2.68 bits per heavy atom. The SMILES string of the molecule is CCCCOCCO/C=C(\C)SC(=N)C1C=CC(F)=C(C(C)=O)C=C1. The number of ether oxygens (including phenoxy) is 2. The summed E-state index contributed by atoms with van der Waals surface area (Å²) in [6, 6.07) is 0. The molecule has 0 fully saturated rings. The number of rotatable bonds is 10. The summed E-state index contributed by atoms with van der Waals surface area (Å²) in [6.45, 7) is 7.04. The molecular formula is C19H26FNO3S. The molecule has 0 saturated heterocycles. The summed E-state index contributed by atoms with van der Waals surface area (Å²) in [4.78, 5) is 12.2. The Kier molecular flexibility index (Phi) is 10.1. The summed E-state index contributed by atoms with van der Waals surface area (Å²) in [7, 11) is 0. The van der Waals surface area contributed by atoms with Crippen LogP contribution in [0.15, 0.2) is 46.9 Å². The van der Waals surface area contributed by atoms with Gasteiger partial charge in [0.05, 0.1) is 23.5 Å². The van der Waals surface area contributed by atoms with E-state index in [9.17, 15) is 9.18 Å². The molecule has 1 rings (SSSR count). The van der Waals surface area contributed by atoms with Gasteiger partial charge in [-0.2, -0.15) is 0 Å². The van der Waals surface area contributed by atoms with Gasteiger partial charge in [0.1, 0.15) is 12.4 Å². The van der Waals surface area contributed by atoms with E-state index in [0.29, 0.717) is 18.3 Å². The van der Waals surface area contributed by atoms with Gasteiger partial charge in [-0.3, -0.25) is 10.2 Å². The average Bonchev–Trinajstić information content (AvgIpc) is 2.76. The first-order chi connectivity index (χ1) is 12.0. The van der Waals surface area contributed by atoms with Gasteiger partial charge in [0.25, 0.3) is 0 Å². The zero-order chi connectivity index (χ0) is 18.7. The van der Waals surface area contributed by atoms with Crippen molar-refractivity contribution in [2.75, 3.05) is 19.8 Å². The topological polar surface area (TPSA) is 59.4 Å². The lowest BCUT2D eigenvalue weighted by Crippen LogP contribution is -2.05. The predicted octanol–water partition coefficient (Wildman–Crippen LogP) is 4.95. The number of carbonyl (C=O) groups is 1. The molecule has 0 amide bonds. The summed E-state index contributed by atoms with van der Waals surface area (Å²) < 4.78 is 24.6. The highest BCUT2D eigenvalue weighted by atomic mass is 32.2. The number of halogens is 1. The molecule has 1 aliphatic carbocycles. The van der Waals surface area contributed by atoms with Crippen molar-refractivity contribution in [3.8, 4) is 0 Å². The van der Waals surface area contributed by atoms with Gasteiger partial charge in [-0.15, -0.1) is 0 Å². The van der Waals surface area contributed by atoms with Crippen LogP contribution in [0.1, 0.15) is 33.6 Å². The normalized spacial score (nSPS) is 17.6. The van der Waals surface area contributed by atoms with E-state index in [2.05, 4.69) is 6.92 Å². The Morgan fingerprint density at radius 1 is 1.28 bits per heavy atom. The average molecular weight is 367 g/mol. The van der Waals surface area contributed by atoms with Crippen LogP contribution in [-0.4, -0.2) is 30.6 Å². The Labute approximate surface area is 153 Å². The Balaban J connectivity index is 2.43. The smallest absolute Gasteiger partial charge is 0.162 e. The third kappa shape index (κ3) is 8.31. The first kappa shape index (κ1) is 21.4. The zero-order valence-electron chi connectivity index (χ0n) is 15.0. The lowest BCUT2D eigenvalue weighted by Gasteiger charge is -2.09. The highest BCUT2D eigenvalue weighted by Gasteiger charge is 2.15. The summed E-state index contributed by atoms with van der Waals surface area (Å²) in [6.07, 6.45) is 9.69. The third-order valence-corrected chi connectivity index (χ3v) is 4.28. The van der Waals surface area contributed by atoms with E-state index >= 15 is 0 Å². The molecule has 0 aromatic rings. The monoisotopic (exact) mass is 367 g/mol. The van der Waals surface area contributed by atoms with E-state index in [1.54, 1.807) is 18.4 Å². The van der Waals surface area contributed by atoms with Crippen LogP contribution in [0.4, 0.5) is 4.39 Å². The van der Waals surface area contributed by atoms with Crippen molar-refractivity contribution in [2.24, 2.45) is 5.92 Å². The summed E-state index contributed by atoms with van der Waals surface area (Å²) >= 11 is 1.25. The maximum atomic E-state index is 13.8. The maximum Gasteiger partial charge on any atom is 0.162 e. The van der Waals surface area contributed by atoms with Gasteiger partial charge in [-0.1, -0.05) is 43.3 Å². The minimum atomic E-state index is -0.567. The van der Waals surface area contributed by atoms with E-state index in [4.69, 9.17) is 14.9 Å². The second kappa shape index (κ2) is 11.8. The molecule has 6 heteroatoms. The van der Waals surface area contributed by atoms with Crippen molar-refractivity contribution in [1.29, 1.82) is 5.41 Å². The number of hydrogen-bond acceptors (Lipinski definition) is 5. The molecule has 1 atom stereocenters. The second-order valence-corrected chi connectivity index (χ2v) is 6.88. The van der Waals surface area contributed by atoms with Crippen LogP contribution in [0.5, 0.6) is 0 Å². The Hall–Kier alpha value is -1.66. The van der Waals surface area contributed by atoms with Gasteiger partial charge in [-0.05, 0) is 26.3 Å². The highest BCUT2D eigenvalue weighted by molar-refractivity contribution is 8.17. The molecule has 1 N–H and O–H groups in total. The molecule has 0 heterocycles. The summed E-state index contributed by atoms with van der Waals surface area (Å²) in [5, 5.41) is 8.49. The number of thioether (sulfide) groups is 1. The molecule has 0 bridgehead atoms. The lowest BCUT2D eigenvalue weighted by molar-refractivity contribution is -0.113. The van der Waals surface area contributed by atoms with Crippen molar-refractivity contribution < 1.29 is 18.7 Å². The quantitative estimate of drug-likeness (QED) is 0.257. The number of hydrogen-bond donors (Lipinski definition) is 1. The molecule has 0 saturated carbocycles. The van der Waals surface area contributed by atoms with E-state index in [-0.39, 0.29) is 17.3 Å². The van der Waals surface area contributed by atoms with Gasteiger partial charge < -0.3 is 9.47 Å². The van der Waals surface area contributed by atoms with Crippen LogP contribution in [0.25, 0.3) is 0 Å². The number of Topliss-reactive ketones (excluding diaryl/α,β-unsaturated/α-hetero) is 1. The molecule has 1 aliphatic rings. The van der Waals surface area contributed by atoms with Crippen LogP contribution in [-0.2, 0) is 14.3 Å². The maximum absolute atomic E-state index is 13.8. The summed E-state index contributed by atoms with van der Waals surface area (Å²) in [5.41, 5.74) is 0.0372. The van der Waals surface area contributed by atoms with Crippen LogP contribution < -0.4 is 0 Å². The summed E-state index contributed by atoms with van der Waals surface area (Å²) in [5.74, 6) is -1.26. The number of allylic oxidation sites excluding steroid dienone is 7. The minimum absolute atomic E-state index is 0.0372. The van der Waals surface area contributed by atoms with Crippen LogP contribution >= 0.6 is 11.8 Å². The van der Waals surface area contributed by atoms with Crippen molar-refractivity contribution >= 4 is 22.6 Å². The lowest BCUT2D eigenvalue weighted by atomic mass is 10.1. The molecule has 0 aromatic heterocycles. The molecule has 0 radical (unpaired) electrons. The zero-order valence-corrected chi connectivity index (χ0v) is 15.8. The number of nitrogens with one attached hydrogen (secondary N) is 1. The predicted molar refractivity (Wildman–Crippen MR) is 101 cm³/mol. The van der Waals surface area contributed by atoms with E-state index < -0.39 is 5.83 Å². The molecule has 138 valence electrons. The largest absolute Gasteiger partial charge is 0.498 e. The molecule has 4 nitrogen and oxygen atoms in total. The van der Waals surface area contributed by atoms with Crippen LogP contribution in [0, 0.1) is 11.3 Å². The Bertz CT molecular complexity index is 593. The molecule has 1 unspecified atom stereocenters. The fourth-order valence-electron chi connectivity index (χ4n) is 1.98. The first-order valence-electron chi connectivity index (χ1n) is 8.35. The standard InChI is InChI=1S/C19H26FNO3S/c1-4-5-10-23-11-12-24-13-14(2)25-19(21)16-6-8-17(15(3)22)18(20)9-7-16/h6-9,13,16,21H,4-5,10-12H2,1-3H3/b14-13+,21-19?. The van der Waals surface area contributed by atoms with Gasteiger partial charge in [0.15, 0.2) is 5.78 Å². The molecule has 25 heavy (non-hydrogen) atoms. The second-order valence-electron chi connectivity index (χ2n) is 5.59. The van der Waals surface area contributed by atoms with Gasteiger partial charge >= 0.3 is 0 Å². The molecule has 0 aliphatic heterocycles. The number of ketones is 1. The van der Waals surface area contributed by atoms with Crippen molar-refractivity contribution in [1.82, 2.24) is 0 Å². The first-order valence-corrected chi connectivity index (χ1v) is 9.16. The van der Waals surface area contributed by atoms with Crippen molar-refractivity contribution in [2.45, 2.75) is 33.6 Å². The highest BCUT2D eigenvalue weighted by Crippen LogP contribution is 2.26.